The van der Waals surface area contributed by atoms with Gasteiger partial charge in [0.25, 0.3) is 0 Å². The molecular formula is C22H26N2O4. The Hall–Kier alpha value is -3.15. The van der Waals surface area contributed by atoms with Gasteiger partial charge in [0.1, 0.15) is 6.04 Å². The molecule has 2 unspecified atom stereocenters. The molecule has 0 heterocycles. The molecule has 0 bridgehead atoms. The highest BCUT2D eigenvalue weighted by Crippen LogP contribution is 2.20. The monoisotopic (exact) mass is 382 g/mol. The third-order valence-electron chi connectivity index (χ3n) is 4.65. The molecule has 0 spiro atoms. The number of carbonyl (C=O) groups is 3. The second-order valence-electron chi connectivity index (χ2n) is 6.92. The number of amides is 2. The summed E-state index contributed by atoms with van der Waals surface area (Å²) in [5, 5.41) is 12.4. The summed E-state index contributed by atoms with van der Waals surface area (Å²) in [5.74, 6) is -1.66. The first-order chi connectivity index (χ1) is 13.3. The molecule has 6 heteroatoms. The SMILES string of the molecule is CC(=O)NC(CC(=O)N(C)C(Cc1ccccc1)C(=O)O)c1ccc(C)cc1. The van der Waals surface area contributed by atoms with Crippen molar-refractivity contribution in [1.29, 1.82) is 0 Å². The highest BCUT2D eigenvalue weighted by Gasteiger charge is 2.29. The fourth-order valence-electron chi connectivity index (χ4n) is 3.02. The van der Waals surface area contributed by atoms with E-state index in [0.717, 1.165) is 16.7 Å². The Kier molecular flexibility index (Phi) is 7.32. The highest BCUT2D eigenvalue weighted by atomic mass is 16.4. The Morgan fingerprint density at radius 1 is 1.04 bits per heavy atom. The summed E-state index contributed by atoms with van der Waals surface area (Å²) in [5.41, 5.74) is 2.71. The zero-order chi connectivity index (χ0) is 20.7. The van der Waals surface area contributed by atoms with Crippen LogP contribution < -0.4 is 5.32 Å². The molecule has 2 atom stereocenters. The number of aliphatic carboxylic acids is 1. The molecule has 0 fully saturated rings. The number of hydrogen-bond acceptors (Lipinski definition) is 3. The fourth-order valence-corrected chi connectivity index (χ4v) is 3.02. The van der Waals surface area contributed by atoms with Gasteiger partial charge < -0.3 is 15.3 Å². The second kappa shape index (κ2) is 9.69. The van der Waals surface area contributed by atoms with E-state index in [-0.39, 0.29) is 24.7 Å². The Morgan fingerprint density at radius 2 is 1.64 bits per heavy atom. The molecule has 6 nitrogen and oxygen atoms in total. The van der Waals surface area contributed by atoms with E-state index in [4.69, 9.17) is 0 Å². The number of likely N-dealkylation sites (N-methyl/N-ethyl adjacent to an activating group) is 1. The zero-order valence-electron chi connectivity index (χ0n) is 16.4. The van der Waals surface area contributed by atoms with Crippen molar-refractivity contribution in [2.45, 2.75) is 38.8 Å². The summed E-state index contributed by atoms with van der Waals surface area (Å²) in [6.07, 6.45) is 0.200. The van der Waals surface area contributed by atoms with Gasteiger partial charge in [0.15, 0.2) is 0 Å². The van der Waals surface area contributed by atoms with Gasteiger partial charge in [-0.15, -0.1) is 0 Å². The Morgan fingerprint density at radius 3 is 2.18 bits per heavy atom. The number of nitrogens with one attached hydrogen (secondary N) is 1. The first-order valence-corrected chi connectivity index (χ1v) is 9.14. The lowest BCUT2D eigenvalue weighted by Crippen LogP contribution is -2.45. The van der Waals surface area contributed by atoms with Gasteiger partial charge in [-0.3, -0.25) is 9.59 Å². The first-order valence-electron chi connectivity index (χ1n) is 9.14. The number of hydrogen-bond donors (Lipinski definition) is 2. The third-order valence-corrected chi connectivity index (χ3v) is 4.65. The molecule has 2 aromatic carbocycles. The summed E-state index contributed by atoms with van der Waals surface area (Å²) >= 11 is 0. The Labute approximate surface area is 165 Å². The van der Waals surface area contributed by atoms with Crippen LogP contribution in [0.3, 0.4) is 0 Å². The van der Waals surface area contributed by atoms with Crippen LogP contribution in [0.2, 0.25) is 0 Å². The molecule has 0 saturated heterocycles. The number of carboxylic acids is 1. The Bertz CT molecular complexity index is 818. The maximum atomic E-state index is 12.8. The summed E-state index contributed by atoms with van der Waals surface area (Å²) in [6, 6.07) is 15.2. The minimum Gasteiger partial charge on any atom is -0.480 e. The van der Waals surface area contributed by atoms with E-state index < -0.39 is 18.1 Å². The average molecular weight is 382 g/mol. The van der Waals surface area contributed by atoms with Gasteiger partial charge in [-0.1, -0.05) is 60.2 Å². The predicted molar refractivity (Wildman–Crippen MR) is 107 cm³/mol. The van der Waals surface area contributed by atoms with E-state index >= 15 is 0 Å². The number of benzene rings is 2. The van der Waals surface area contributed by atoms with E-state index in [2.05, 4.69) is 5.32 Å². The molecule has 0 saturated carbocycles. The minimum absolute atomic E-state index is 0.0162. The molecule has 0 aromatic heterocycles. The van der Waals surface area contributed by atoms with Gasteiger partial charge >= 0.3 is 5.97 Å². The maximum Gasteiger partial charge on any atom is 0.326 e. The average Bonchev–Trinajstić information content (AvgIpc) is 2.66. The number of aryl methyl sites for hydroxylation is 1. The van der Waals surface area contributed by atoms with Crippen molar-refractivity contribution in [2.24, 2.45) is 0 Å². The largest absolute Gasteiger partial charge is 0.480 e. The van der Waals surface area contributed by atoms with Crippen molar-refractivity contribution in [3.05, 3.63) is 71.3 Å². The lowest BCUT2D eigenvalue weighted by molar-refractivity contribution is -0.149. The van der Waals surface area contributed by atoms with Crippen LogP contribution in [0.5, 0.6) is 0 Å². The topological polar surface area (TPSA) is 86.7 Å². The predicted octanol–water partition coefficient (Wildman–Crippen LogP) is 2.72. The van der Waals surface area contributed by atoms with Crippen molar-refractivity contribution in [3.63, 3.8) is 0 Å². The molecule has 0 aliphatic rings. The van der Waals surface area contributed by atoms with E-state index in [1.165, 1.54) is 18.9 Å². The van der Waals surface area contributed by atoms with Crippen LogP contribution in [-0.4, -0.2) is 40.9 Å². The van der Waals surface area contributed by atoms with E-state index in [1.807, 2.05) is 61.5 Å². The van der Waals surface area contributed by atoms with E-state index in [9.17, 15) is 19.5 Å². The molecule has 148 valence electrons. The van der Waals surface area contributed by atoms with Crippen LogP contribution in [-0.2, 0) is 20.8 Å². The van der Waals surface area contributed by atoms with Crippen molar-refractivity contribution >= 4 is 17.8 Å². The quantitative estimate of drug-likeness (QED) is 0.735. The smallest absolute Gasteiger partial charge is 0.326 e. The normalized spacial score (nSPS) is 12.7. The molecule has 0 aliphatic carbocycles. The van der Waals surface area contributed by atoms with Gasteiger partial charge in [-0.2, -0.15) is 0 Å². The highest BCUT2D eigenvalue weighted by molar-refractivity contribution is 5.84. The molecular weight excluding hydrogens is 356 g/mol. The van der Waals surface area contributed by atoms with Gasteiger partial charge in [0.2, 0.25) is 11.8 Å². The number of rotatable bonds is 8. The summed E-state index contributed by atoms with van der Waals surface area (Å²) < 4.78 is 0. The maximum absolute atomic E-state index is 12.8. The molecule has 2 rings (SSSR count). The number of carboxylic acid groups (broad SMARTS) is 1. The lowest BCUT2D eigenvalue weighted by atomic mass is 10.00. The van der Waals surface area contributed by atoms with Gasteiger partial charge in [-0.25, -0.2) is 4.79 Å². The lowest BCUT2D eigenvalue weighted by Gasteiger charge is -2.27. The van der Waals surface area contributed by atoms with Crippen molar-refractivity contribution < 1.29 is 19.5 Å². The summed E-state index contributed by atoms with van der Waals surface area (Å²) in [4.78, 5) is 37.4. The molecule has 2 aromatic rings. The molecule has 2 N–H and O–H groups in total. The van der Waals surface area contributed by atoms with Crippen LogP contribution in [0.1, 0.15) is 36.1 Å². The molecule has 2 amide bonds. The van der Waals surface area contributed by atoms with Crippen LogP contribution in [0.4, 0.5) is 0 Å². The first kappa shape index (κ1) is 21.2. The Balaban J connectivity index is 2.16. The molecule has 0 radical (unpaired) electrons. The summed E-state index contributed by atoms with van der Waals surface area (Å²) in [7, 11) is 1.49. The molecule has 28 heavy (non-hydrogen) atoms. The number of carbonyl (C=O) groups excluding carboxylic acids is 2. The number of nitrogens with zero attached hydrogens (tertiary/aromatic N) is 1. The molecule has 0 aliphatic heterocycles. The van der Waals surface area contributed by atoms with Gasteiger partial charge in [0.05, 0.1) is 12.5 Å². The van der Waals surface area contributed by atoms with E-state index in [0.29, 0.717) is 0 Å². The van der Waals surface area contributed by atoms with Gasteiger partial charge in [-0.05, 0) is 18.1 Å². The van der Waals surface area contributed by atoms with Crippen LogP contribution >= 0.6 is 0 Å². The van der Waals surface area contributed by atoms with E-state index in [1.54, 1.807) is 0 Å². The van der Waals surface area contributed by atoms with Crippen molar-refractivity contribution in [2.75, 3.05) is 7.05 Å². The van der Waals surface area contributed by atoms with Crippen LogP contribution in [0.25, 0.3) is 0 Å². The van der Waals surface area contributed by atoms with Gasteiger partial charge in [0, 0.05) is 20.4 Å². The minimum atomic E-state index is -1.06. The van der Waals surface area contributed by atoms with Crippen LogP contribution in [0.15, 0.2) is 54.6 Å². The second-order valence-corrected chi connectivity index (χ2v) is 6.92. The standard InChI is InChI=1S/C22H26N2O4/c1-15-9-11-18(12-10-15)19(23-16(2)25)14-21(26)24(3)20(22(27)28)13-17-7-5-4-6-8-17/h4-12,19-20H,13-14H2,1-3H3,(H,23,25)(H,27,28). The fraction of sp³-hybridized carbons (Fsp3) is 0.318. The zero-order valence-corrected chi connectivity index (χ0v) is 16.4. The van der Waals surface area contributed by atoms with Crippen molar-refractivity contribution in [1.82, 2.24) is 10.2 Å². The van der Waals surface area contributed by atoms with Crippen LogP contribution in [0, 0.1) is 6.92 Å². The van der Waals surface area contributed by atoms with Crippen molar-refractivity contribution in [3.8, 4) is 0 Å². The third kappa shape index (κ3) is 5.94. The summed E-state index contributed by atoms with van der Waals surface area (Å²) in [6.45, 7) is 3.35.